The van der Waals surface area contributed by atoms with Crippen molar-refractivity contribution in [3.8, 4) is 0 Å². The van der Waals surface area contributed by atoms with Gasteiger partial charge in [0.25, 0.3) is 0 Å². The van der Waals surface area contributed by atoms with Gasteiger partial charge in [-0.25, -0.2) is 0 Å². The molecule has 1 heterocycles. The second-order valence-corrected chi connectivity index (χ2v) is 4.02. The Bertz CT molecular complexity index is 302. The van der Waals surface area contributed by atoms with Crippen LogP contribution in [-0.4, -0.2) is 16.2 Å². The molecule has 0 spiro atoms. The molecule has 0 amide bonds. The Morgan fingerprint density at radius 1 is 1.46 bits per heavy atom. The van der Waals surface area contributed by atoms with Gasteiger partial charge in [0.05, 0.1) is 5.54 Å². The molecule has 0 unspecified atom stereocenters. The molecule has 0 bridgehead atoms. The van der Waals surface area contributed by atoms with E-state index in [-0.39, 0.29) is 5.54 Å². The number of nitrogens with one attached hydrogen (secondary N) is 1. The molecule has 1 fully saturated rings. The Morgan fingerprint density at radius 2 is 2.15 bits per heavy atom. The molecule has 4 heteroatoms. The van der Waals surface area contributed by atoms with Crippen molar-refractivity contribution in [2.45, 2.75) is 45.2 Å². The van der Waals surface area contributed by atoms with Crippen molar-refractivity contribution in [2.24, 2.45) is 0 Å². The summed E-state index contributed by atoms with van der Waals surface area (Å²) in [5, 5.41) is 7.43. The van der Waals surface area contributed by atoms with E-state index in [9.17, 15) is 0 Å². The van der Waals surface area contributed by atoms with Gasteiger partial charge < -0.3 is 9.84 Å². The van der Waals surface area contributed by atoms with Crippen LogP contribution < -0.4 is 5.32 Å². The highest BCUT2D eigenvalue weighted by atomic mass is 16.5. The minimum absolute atomic E-state index is 0.0198. The van der Waals surface area contributed by atoms with E-state index in [0.717, 1.165) is 18.7 Å². The minimum Gasteiger partial charge on any atom is -0.340 e. The van der Waals surface area contributed by atoms with E-state index in [4.69, 9.17) is 4.52 Å². The summed E-state index contributed by atoms with van der Waals surface area (Å²) in [7, 11) is 0. The number of aryl methyl sites for hydroxylation is 1. The number of rotatable bonds is 3. The molecular formula is C9H15N3O. The first-order chi connectivity index (χ1) is 6.12. The number of hydrogen-bond donors (Lipinski definition) is 1. The van der Waals surface area contributed by atoms with Gasteiger partial charge in [-0.15, -0.1) is 0 Å². The van der Waals surface area contributed by atoms with E-state index < -0.39 is 0 Å². The van der Waals surface area contributed by atoms with E-state index in [1.54, 1.807) is 0 Å². The van der Waals surface area contributed by atoms with Gasteiger partial charge in [-0.3, -0.25) is 0 Å². The Morgan fingerprint density at radius 3 is 2.54 bits per heavy atom. The smallest absolute Gasteiger partial charge is 0.223 e. The van der Waals surface area contributed by atoms with Gasteiger partial charge in [-0.2, -0.15) is 4.98 Å². The third kappa shape index (κ3) is 1.58. The normalized spacial score (nSPS) is 19.4. The van der Waals surface area contributed by atoms with Crippen LogP contribution in [0, 0.1) is 6.92 Å². The van der Waals surface area contributed by atoms with Crippen LogP contribution in [0.15, 0.2) is 4.52 Å². The zero-order valence-corrected chi connectivity index (χ0v) is 8.29. The van der Waals surface area contributed by atoms with Gasteiger partial charge in [-0.05, 0) is 26.7 Å². The fourth-order valence-corrected chi connectivity index (χ4v) is 1.60. The van der Waals surface area contributed by atoms with E-state index in [1.807, 2.05) is 6.92 Å². The maximum absolute atomic E-state index is 4.97. The molecule has 0 aromatic carbocycles. The lowest BCUT2D eigenvalue weighted by molar-refractivity contribution is 0.366. The number of hydrogen-bond acceptors (Lipinski definition) is 4. The lowest BCUT2D eigenvalue weighted by Crippen LogP contribution is -2.35. The molecule has 0 saturated heterocycles. The monoisotopic (exact) mass is 181 g/mol. The topological polar surface area (TPSA) is 51.0 Å². The SMILES string of the molecule is Cc1nc(C2(NC(C)C)CC2)no1. The Kier molecular flexibility index (Phi) is 1.87. The van der Waals surface area contributed by atoms with Crippen LogP contribution in [0.25, 0.3) is 0 Å². The Balaban J connectivity index is 2.16. The summed E-state index contributed by atoms with van der Waals surface area (Å²) in [5.41, 5.74) is 0.0198. The highest BCUT2D eigenvalue weighted by Gasteiger charge is 2.48. The standard InChI is InChI=1S/C9H15N3O/c1-6(2)11-9(4-5-9)8-10-7(3)13-12-8/h6,11H,4-5H2,1-3H3. The molecule has 1 saturated carbocycles. The zero-order chi connectivity index (χ0) is 9.47. The molecule has 1 aromatic rings. The summed E-state index contributed by atoms with van der Waals surface area (Å²) >= 11 is 0. The van der Waals surface area contributed by atoms with Crippen molar-refractivity contribution < 1.29 is 4.52 Å². The van der Waals surface area contributed by atoms with Gasteiger partial charge in [0.2, 0.25) is 5.89 Å². The quantitative estimate of drug-likeness (QED) is 0.765. The second-order valence-electron chi connectivity index (χ2n) is 4.02. The summed E-state index contributed by atoms with van der Waals surface area (Å²) in [5.74, 6) is 1.46. The summed E-state index contributed by atoms with van der Waals surface area (Å²) < 4.78 is 4.97. The van der Waals surface area contributed by atoms with Gasteiger partial charge >= 0.3 is 0 Å². The van der Waals surface area contributed by atoms with Gasteiger partial charge in [0, 0.05) is 13.0 Å². The van der Waals surface area contributed by atoms with Crippen LogP contribution >= 0.6 is 0 Å². The summed E-state index contributed by atoms with van der Waals surface area (Å²) in [4.78, 5) is 4.26. The van der Waals surface area contributed by atoms with Crippen molar-refractivity contribution in [3.05, 3.63) is 11.7 Å². The van der Waals surface area contributed by atoms with E-state index in [1.165, 1.54) is 0 Å². The van der Waals surface area contributed by atoms with Crippen LogP contribution in [0.2, 0.25) is 0 Å². The van der Waals surface area contributed by atoms with Crippen molar-refractivity contribution in [2.75, 3.05) is 0 Å². The predicted molar refractivity (Wildman–Crippen MR) is 48.2 cm³/mol. The van der Waals surface area contributed by atoms with Crippen molar-refractivity contribution in [3.63, 3.8) is 0 Å². The largest absolute Gasteiger partial charge is 0.340 e. The summed E-state index contributed by atoms with van der Waals surface area (Å²) in [6, 6.07) is 0.460. The van der Waals surface area contributed by atoms with Crippen LogP contribution in [0.3, 0.4) is 0 Å². The third-order valence-electron chi connectivity index (χ3n) is 2.27. The summed E-state index contributed by atoms with van der Waals surface area (Å²) in [6.07, 6.45) is 2.23. The van der Waals surface area contributed by atoms with Crippen LogP contribution in [0.4, 0.5) is 0 Å². The first kappa shape index (κ1) is 8.69. The van der Waals surface area contributed by atoms with Crippen molar-refractivity contribution >= 4 is 0 Å². The molecule has 2 rings (SSSR count). The van der Waals surface area contributed by atoms with Crippen LogP contribution in [0.5, 0.6) is 0 Å². The molecule has 1 aromatic heterocycles. The van der Waals surface area contributed by atoms with Gasteiger partial charge in [0.15, 0.2) is 5.82 Å². The zero-order valence-electron chi connectivity index (χ0n) is 8.29. The molecule has 72 valence electrons. The maximum Gasteiger partial charge on any atom is 0.223 e. The van der Waals surface area contributed by atoms with Crippen LogP contribution in [-0.2, 0) is 5.54 Å². The maximum atomic E-state index is 4.97. The predicted octanol–water partition coefficient (Wildman–Crippen LogP) is 1.37. The Labute approximate surface area is 77.7 Å². The second kappa shape index (κ2) is 2.80. The average Bonchev–Trinajstić information content (AvgIpc) is 2.65. The number of aromatic nitrogens is 2. The number of nitrogens with zero attached hydrogens (tertiary/aromatic N) is 2. The molecule has 0 radical (unpaired) electrons. The molecule has 1 aliphatic rings. The highest BCUT2D eigenvalue weighted by molar-refractivity contribution is 5.15. The molecule has 0 aliphatic heterocycles. The summed E-state index contributed by atoms with van der Waals surface area (Å²) in [6.45, 7) is 6.09. The van der Waals surface area contributed by atoms with Gasteiger partial charge in [-0.1, -0.05) is 5.16 Å². The van der Waals surface area contributed by atoms with Crippen LogP contribution in [0.1, 0.15) is 38.4 Å². The molecule has 1 N–H and O–H groups in total. The van der Waals surface area contributed by atoms with Gasteiger partial charge in [0.1, 0.15) is 0 Å². The molecule has 1 aliphatic carbocycles. The molecule has 13 heavy (non-hydrogen) atoms. The molecular weight excluding hydrogens is 166 g/mol. The molecule has 4 nitrogen and oxygen atoms in total. The molecule has 0 atom stereocenters. The minimum atomic E-state index is 0.0198. The lowest BCUT2D eigenvalue weighted by atomic mass is 10.2. The van der Waals surface area contributed by atoms with E-state index >= 15 is 0 Å². The highest BCUT2D eigenvalue weighted by Crippen LogP contribution is 2.44. The first-order valence-corrected chi connectivity index (χ1v) is 4.71. The third-order valence-corrected chi connectivity index (χ3v) is 2.27. The fourth-order valence-electron chi connectivity index (χ4n) is 1.60. The Hall–Kier alpha value is -0.900. The van der Waals surface area contributed by atoms with E-state index in [2.05, 4.69) is 29.3 Å². The lowest BCUT2D eigenvalue weighted by Gasteiger charge is -2.15. The fraction of sp³-hybridized carbons (Fsp3) is 0.778. The average molecular weight is 181 g/mol. The van der Waals surface area contributed by atoms with E-state index in [0.29, 0.717) is 11.9 Å². The van der Waals surface area contributed by atoms with Crippen molar-refractivity contribution in [1.29, 1.82) is 0 Å². The first-order valence-electron chi connectivity index (χ1n) is 4.71. The van der Waals surface area contributed by atoms with Crippen molar-refractivity contribution in [1.82, 2.24) is 15.5 Å².